The number of benzene rings is 2. The molecule has 1 heterocycles. The highest BCUT2D eigenvalue weighted by atomic mass is 32.1. The van der Waals surface area contributed by atoms with Gasteiger partial charge in [0, 0.05) is 12.0 Å². The Morgan fingerprint density at radius 3 is 2.50 bits per heavy atom. The summed E-state index contributed by atoms with van der Waals surface area (Å²) in [4.78, 5) is 0. The molecular weight excluding hydrogens is 443 g/mol. The van der Waals surface area contributed by atoms with Crippen LogP contribution in [0.15, 0.2) is 48.5 Å². The molecule has 172 valence electrons. The Balaban J connectivity index is 1.63. The van der Waals surface area contributed by atoms with Gasteiger partial charge in [-0.1, -0.05) is 41.7 Å². The van der Waals surface area contributed by atoms with Gasteiger partial charge in [-0.15, -0.1) is 10.2 Å². The second-order valence-corrected chi connectivity index (χ2v) is 8.41. The Kier molecular flexibility index (Phi) is 7.83. The minimum atomic E-state index is -4.60. The van der Waals surface area contributed by atoms with Crippen molar-refractivity contribution in [2.45, 2.75) is 31.7 Å². The number of aliphatic hydroxyl groups excluding tert-OH is 1. The number of ether oxygens (including phenoxy) is 2. The van der Waals surface area contributed by atoms with Crippen molar-refractivity contribution in [1.29, 1.82) is 0 Å². The maximum atomic E-state index is 13.6. The Hall–Kier alpha value is -2.53. The van der Waals surface area contributed by atoms with E-state index in [1.54, 1.807) is 6.92 Å². The molecule has 10 heteroatoms. The number of rotatable bonds is 10. The summed E-state index contributed by atoms with van der Waals surface area (Å²) in [5.41, 5.74) is 5.18. The van der Waals surface area contributed by atoms with Crippen molar-refractivity contribution in [2.24, 2.45) is 5.73 Å². The Morgan fingerprint density at radius 2 is 1.81 bits per heavy atom. The molecule has 6 nitrogen and oxygen atoms in total. The van der Waals surface area contributed by atoms with Crippen LogP contribution in [0.3, 0.4) is 0 Å². The lowest BCUT2D eigenvalue weighted by Crippen LogP contribution is -2.36. The zero-order chi connectivity index (χ0) is 23.2. The van der Waals surface area contributed by atoms with Crippen LogP contribution in [0.4, 0.5) is 13.2 Å². The van der Waals surface area contributed by atoms with Crippen molar-refractivity contribution in [3.63, 3.8) is 0 Å². The van der Waals surface area contributed by atoms with E-state index in [4.69, 9.17) is 15.2 Å². The van der Waals surface area contributed by atoms with Gasteiger partial charge >= 0.3 is 6.18 Å². The van der Waals surface area contributed by atoms with Crippen LogP contribution in [-0.2, 0) is 23.1 Å². The van der Waals surface area contributed by atoms with Crippen molar-refractivity contribution >= 4 is 11.3 Å². The van der Waals surface area contributed by atoms with Gasteiger partial charge in [-0.05, 0) is 30.7 Å². The molecule has 3 aromatic rings. The topological polar surface area (TPSA) is 90.5 Å². The lowest BCUT2D eigenvalue weighted by atomic mass is 10.1. The molecule has 3 N–H and O–H groups in total. The summed E-state index contributed by atoms with van der Waals surface area (Å²) >= 11 is 1.04. The summed E-state index contributed by atoms with van der Waals surface area (Å²) in [5.74, 6) is -0.256. The minimum Gasteiger partial charge on any atom is -0.493 e. The molecule has 0 fully saturated rings. The SMILES string of the molecule is C[C@](N)(CO)c1nnc(-c2ccc(OCCCOCc3ccccc3)c(C(F)(F)F)c2)s1. The molecule has 1 aromatic heterocycles. The van der Waals surface area contributed by atoms with E-state index in [-0.39, 0.29) is 29.5 Å². The second kappa shape index (κ2) is 10.4. The van der Waals surface area contributed by atoms with Gasteiger partial charge in [0.15, 0.2) is 0 Å². The molecule has 2 aromatic carbocycles. The van der Waals surface area contributed by atoms with Crippen molar-refractivity contribution < 1.29 is 27.8 Å². The predicted octanol–water partition coefficient (Wildman–Crippen LogP) is 4.38. The first-order valence-corrected chi connectivity index (χ1v) is 10.7. The average molecular weight is 468 g/mol. The highest BCUT2D eigenvalue weighted by Crippen LogP contribution is 2.39. The fourth-order valence-corrected chi connectivity index (χ4v) is 3.65. The molecule has 0 spiro atoms. The Bertz CT molecular complexity index is 1010. The predicted molar refractivity (Wildman–Crippen MR) is 115 cm³/mol. The lowest BCUT2D eigenvalue weighted by molar-refractivity contribution is -0.138. The summed E-state index contributed by atoms with van der Waals surface area (Å²) in [6.07, 6.45) is -4.15. The summed E-state index contributed by atoms with van der Waals surface area (Å²) in [5, 5.41) is 17.8. The zero-order valence-electron chi connectivity index (χ0n) is 17.4. The third-order valence-corrected chi connectivity index (χ3v) is 5.83. The van der Waals surface area contributed by atoms with E-state index in [1.807, 2.05) is 30.3 Å². The third-order valence-electron chi connectivity index (χ3n) is 4.58. The van der Waals surface area contributed by atoms with Crippen molar-refractivity contribution in [3.8, 4) is 16.3 Å². The highest BCUT2D eigenvalue weighted by Gasteiger charge is 2.35. The van der Waals surface area contributed by atoms with E-state index in [1.165, 1.54) is 12.1 Å². The van der Waals surface area contributed by atoms with Gasteiger partial charge in [-0.3, -0.25) is 0 Å². The first-order valence-electron chi connectivity index (χ1n) is 9.90. The number of alkyl halides is 3. The van der Waals surface area contributed by atoms with Gasteiger partial charge in [-0.25, -0.2) is 0 Å². The molecule has 3 rings (SSSR count). The van der Waals surface area contributed by atoms with E-state index >= 15 is 0 Å². The number of halogens is 3. The van der Waals surface area contributed by atoms with Crippen molar-refractivity contribution in [1.82, 2.24) is 10.2 Å². The number of aliphatic hydroxyl groups is 1. The minimum absolute atomic E-state index is 0.0855. The maximum absolute atomic E-state index is 13.6. The first kappa shape index (κ1) is 24.1. The zero-order valence-corrected chi connectivity index (χ0v) is 18.2. The average Bonchev–Trinajstić information content (AvgIpc) is 3.27. The van der Waals surface area contributed by atoms with Crippen LogP contribution < -0.4 is 10.5 Å². The normalized spacial score (nSPS) is 13.7. The molecule has 0 aliphatic rings. The molecule has 0 amide bonds. The molecule has 0 saturated heterocycles. The summed E-state index contributed by atoms with van der Waals surface area (Å²) < 4.78 is 51.8. The number of nitrogens with two attached hydrogens (primary N) is 1. The number of aromatic nitrogens is 2. The fourth-order valence-electron chi connectivity index (χ4n) is 2.76. The van der Waals surface area contributed by atoms with Crippen molar-refractivity contribution in [3.05, 3.63) is 64.7 Å². The second-order valence-electron chi connectivity index (χ2n) is 7.44. The first-order chi connectivity index (χ1) is 15.2. The highest BCUT2D eigenvalue weighted by molar-refractivity contribution is 7.14. The molecular formula is C22H24F3N3O3S. The quantitative estimate of drug-likeness (QED) is 0.430. The summed E-state index contributed by atoms with van der Waals surface area (Å²) in [6, 6.07) is 13.4. The Labute approximate surface area is 187 Å². The van der Waals surface area contributed by atoms with Gasteiger partial charge in [-0.2, -0.15) is 13.2 Å². The van der Waals surface area contributed by atoms with Crippen LogP contribution >= 0.6 is 11.3 Å². The van der Waals surface area contributed by atoms with E-state index in [9.17, 15) is 18.3 Å². The van der Waals surface area contributed by atoms with Crippen LogP contribution in [-0.4, -0.2) is 35.1 Å². The summed E-state index contributed by atoms with van der Waals surface area (Å²) in [6.45, 7) is 2.09. The van der Waals surface area contributed by atoms with E-state index in [2.05, 4.69) is 10.2 Å². The van der Waals surface area contributed by atoms with Gasteiger partial charge in [0.05, 0.1) is 37.5 Å². The molecule has 0 aliphatic carbocycles. The summed E-state index contributed by atoms with van der Waals surface area (Å²) in [7, 11) is 0. The smallest absolute Gasteiger partial charge is 0.419 e. The van der Waals surface area contributed by atoms with Crippen molar-refractivity contribution in [2.75, 3.05) is 19.8 Å². The molecule has 0 saturated carbocycles. The largest absolute Gasteiger partial charge is 0.493 e. The maximum Gasteiger partial charge on any atom is 0.419 e. The van der Waals surface area contributed by atoms with Crippen LogP contribution in [0, 0.1) is 0 Å². The van der Waals surface area contributed by atoms with Gasteiger partial charge < -0.3 is 20.3 Å². The number of nitrogens with zero attached hydrogens (tertiary/aromatic N) is 2. The molecule has 0 unspecified atom stereocenters. The lowest BCUT2D eigenvalue weighted by Gasteiger charge is -2.17. The number of hydrogen-bond donors (Lipinski definition) is 2. The molecule has 32 heavy (non-hydrogen) atoms. The van der Waals surface area contributed by atoms with E-state index in [0.717, 1.165) is 23.0 Å². The van der Waals surface area contributed by atoms with Crippen LogP contribution in [0.25, 0.3) is 10.6 Å². The van der Waals surface area contributed by atoms with Crippen LogP contribution in [0.1, 0.15) is 29.5 Å². The molecule has 0 bridgehead atoms. The fraction of sp³-hybridized carbons (Fsp3) is 0.364. The van der Waals surface area contributed by atoms with Gasteiger partial charge in [0.1, 0.15) is 15.8 Å². The van der Waals surface area contributed by atoms with Gasteiger partial charge in [0.2, 0.25) is 0 Å². The Morgan fingerprint density at radius 1 is 1.06 bits per heavy atom. The van der Waals surface area contributed by atoms with Crippen LogP contribution in [0.5, 0.6) is 5.75 Å². The molecule has 0 radical (unpaired) electrons. The van der Waals surface area contributed by atoms with E-state index < -0.39 is 17.3 Å². The molecule has 1 atom stereocenters. The van der Waals surface area contributed by atoms with Crippen LogP contribution in [0.2, 0.25) is 0 Å². The third kappa shape index (κ3) is 6.26. The molecule has 0 aliphatic heterocycles. The van der Waals surface area contributed by atoms with E-state index in [0.29, 0.717) is 24.6 Å². The monoisotopic (exact) mass is 467 g/mol. The van der Waals surface area contributed by atoms with Gasteiger partial charge in [0.25, 0.3) is 0 Å². The standard InChI is InChI=1S/C22H24F3N3O3S/c1-21(26,14-29)20-28-27-19(32-20)16-8-9-18(17(12-16)22(23,24)25)31-11-5-10-30-13-15-6-3-2-4-7-15/h2-4,6-9,12,29H,5,10-11,13-14,26H2,1H3/t21-/m0/s1. The number of hydrogen-bond acceptors (Lipinski definition) is 7.